The number of rotatable bonds is 3. The molecular formula is C16H19N3O2S. The van der Waals surface area contributed by atoms with E-state index in [9.17, 15) is 4.21 Å². The maximum Gasteiger partial charge on any atom is 0.228 e. The van der Waals surface area contributed by atoms with Crippen LogP contribution in [0.2, 0.25) is 0 Å². The first-order valence-corrected chi connectivity index (χ1v) is 8.85. The minimum absolute atomic E-state index is 0.366. The average molecular weight is 317 g/mol. The molecule has 0 amide bonds. The molecular weight excluding hydrogens is 298 g/mol. The molecule has 0 bridgehead atoms. The van der Waals surface area contributed by atoms with Crippen LogP contribution in [-0.4, -0.2) is 38.8 Å². The van der Waals surface area contributed by atoms with Gasteiger partial charge in [-0.1, -0.05) is 25.1 Å². The predicted molar refractivity (Wildman–Crippen MR) is 87.8 cm³/mol. The normalized spacial score (nSPS) is 22.1. The number of anilines is 1. The maximum absolute atomic E-state index is 11.8. The molecule has 2 atom stereocenters. The first kappa shape index (κ1) is 15.0. The molecule has 0 unspecified atom stereocenters. The molecule has 1 aromatic heterocycles. The molecule has 116 valence electrons. The van der Waals surface area contributed by atoms with E-state index in [0.29, 0.717) is 30.0 Å². The van der Waals surface area contributed by atoms with Gasteiger partial charge in [-0.2, -0.15) is 4.98 Å². The number of para-hydroxylation sites is 1. The van der Waals surface area contributed by atoms with Gasteiger partial charge in [-0.15, -0.1) is 0 Å². The van der Waals surface area contributed by atoms with Gasteiger partial charge in [-0.3, -0.25) is 4.21 Å². The highest BCUT2D eigenvalue weighted by Gasteiger charge is 2.21. The van der Waals surface area contributed by atoms with E-state index in [2.05, 4.69) is 21.8 Å². The van der Waals surface area contributed by atoms with Gasteiger partial charge in [0.25, 0.3) is 0 Å². The fraction of sp³-hybridized carbons (Fsp3) is 0.375. The number of hydrogen-bond donors (Lipinski definition) is 0. The molecule has 1 fully saturated rings. The van der Waals surface area contributed by atoms with E-state index >= 15 is 0 Å². The Kier molecular flexibility index (Phi) is 4.68. The van der Waals surface area contributed by atoms with Crippen LogP contribution in [0.5, 0.6) is 11.6 Å². The lowest BCUT2D eigenvalue weighted by atomic mass is 10.2. The minimum Gasteiger partial charge on any atom is -0.439 e. The van der Waals surface area contributed by atoms with Crippen molar-refractivity contribution < 1.29 is 8.95 Å². The van der Waals surface area contributed by atoms with Crippen molar-refractivity contribution >= 4 is 16.7 Å². The summed E-state index contributed by atoms with van der Waals surface area (Å²) in [6.07, 6.45) is 1.70. The van der Waals surface area contributed by atoms with Crippen LogP contribution in [0.4, 0.5) is 5.95 Å². The van der Waals surface area contributed by atoms with Gasteiger partial charge in [0.15, 0.2) is 0 Å². The van der Waals surface area contributed by atoms with E-state index in [0.717, 1.165) is 18.0 Å². The monoisotopic (exact) mass is 317 g/mol. The number of aromatic nitrogens is 2. The first-order valence-electron chi connectivity index (χ1n) is 7.36. The molecule has 5 nitrogen and oxygen atoms in total. The van der Waals surface area contributed by atoms with Crippen LogP contribution >= 0.6 is 0 Å². The van der Waals surface area contributed by atoms with Crippen LogP contribution in [-0.2, 0) is 10.8 Å². The fourth-order valence-electron chi connectivity index (χ4n) is 2.47. The zero-order valence-corrected chi connectivity index (χ0v) is 13.3. The maximum atomic E-state index is 11.8. The van der Waals surface area contributed by atoms with Crippen molar-refractivity contribution in [2.45, 2.75) is 6.92 Å². The summed E-state index contributed by atoms with van der Waals surface area (Å²) >= 11 is 0. The van der Waals surface area contributed by atoms with Gasteiger partial charge in [0.05, 0.1) is 0 Å². The first-order chi connectivity index (χ1) is 10.7. The zero-order valence-electron chi connectivity index (χ0n) is 12.5. The molecule has 2 aromatic rings. The van der Waals surface area contributed by atoms with E-state index in [-0.39, 0.29) is 0 Å². The van der Waals surface area contributed by atoms with Gasteiger partial charge >= 0.3 is 0 Å². The van der Waals surface area contributed by atoms with Crippen molar-refractivity contribution in [3.05, 3.63) is 42.6 Å². The quantitative estimate of drug-likeness (QED) is 0.870. The van der Waals surface area contributed by atoms with Crippen molar-refractivity contribution in [2.75, 3.05) is 29.5 Å². The molecule has 0 N–H and O–H groups in total. The minimum atomic E-state index is -0.747. The highest BCUT2D eigenvalue weighted by atomic mass is 32.2. The van der Waals surface area contributed by atoms with Crippen molar-refractivity contribution in [2.24, 2.45) is 5.92 Å². The van der Waals surface area contributed by atoms with Gasteiger partial charge < -0.3 is 9.64 Å². The molecule has 1 aromatic carbocycles. The standard InChI is InChI=1S/C16H19N3O2S/c1-13-11-19(9-10-22(20)12-13)16-17-8-7-15(18-16)21-14-5-3-2-4-6-14/h2-8,13H,9-12H2,1H3/t13-,22-/m1/s1. The van der Waals surface area contributed by atoms with Crippen LogP contribution in [0, 0.1) is 5.92 Å². The predicted octanol–water partition coefficient (Wildman–Crippen LogP) is 2.47. The van der Waals surface area contributed by atoms with Crippen molar-refractivity contribution in [1.29, 1.82) is 0 Å². The summed E-state index contributed by atoms with van der Waals surface area (Å²) in [5.74, 6) is 3.69. The van der Waals surface area contributed by atoms with E-state index in [1.165, 1.54) is 0 Å². The van der Waals surface area contributed by atoms with Crippen LogP contribution in [0.25, 0.3) is 0 Å². The molecule has 0 aliphatic carbocycles. The Labute approximate surface area is 132 Å². The Hall–Kier alpha value is -1.95. The highest BCUT2D eigenvalue weighted by molar-refractivity contribution is 7.85. The molecule has 0 saturated carbocycles. The van der Waals surface area contributed by atoms with Gasteiger partial charge in [0.1, 0.15) is 5.75 Å². The molecule has 22 heavy (non-hydrogen) atoms. The van der Waals surface area contributed by atoms with Crippen LogP contribution < -0.4 is 9.64 Å². The molecule has 0 spiro atoms. The lowest BCUT2D eigenvalue weighted by Gasteiger charge is -2.22. The van der Waals surface area contributed by atoms with E-state index in [1.807, 2.05) is 30.3 Å². The Morgan fingerprint density at radius 2 is 2.09 bits per heavy atom. The Morgan fingerprint density at radius 1 is 1.27 bits per heavy atom. The lowest BCUT2D eigenvalue weighted by Crippen LogP contribution is -2.30. The molecule has 1 aliphatic rings. The second-order valence-electron chi connectivity index (χ2n) is 5.47. The number of hydrogen-bond acceptors (Lipinski definition) is 5. The van der Waals surface area contributed by atoms with E-state index < -0.39 is 10.8 Å². The summed E-state index contributed by atoms with van der Waals surface area (Å²) in [4.78, 5) is 10.9. The van der Waals surface area contributed by atoms with Crippen molar-refractivity contribution in [3.8, 4) is 11.6 Å². The summed E-state index contributed by atoms with van der Waals surface area (Å²) in [6.45, 7) is 3.65. The topological polar surface area (TPSA) is 55.3 Å². The smallest absolute Gasteiger partial charge is 0.228 e. The van der Waals surface area contributed by atoms with E-state index in [1.54, 1.807) is 12.3 Å². The third kappa shape index (κ3) is 3.82. The Balaban J connectivity index is 1.77. The molecule has 3 rings (SSSR count). The van der Waals surface area contributed by atoms with Crippen LogP contribution in [0.15, 0.2) is 42.6 Å². The van der Waals surface area contributed by atoms with Crippen LogP contribution in [0.3, 0.4) is 0 Å². The molecule has 1 saturated heterocycles. The van der Waals surface area contributed by atoms with Crippen molar-refractivity contribution in [1.82, 2.24) is 9.97 Å². The number of benzene rings is 1. The van der Waals surface area contributed by atoms with Gasteiger partial charge in [0, 0.05) is 47.7 Å². The van der Waals surface area contributed by atoms with E-state index in [4.69, 9.17) is 4.74 Å². The largest absolute Gasteiger partial charge is 0.439 e. The third-order valence-corrected chi connectivity index (χ3v) is 5.04. The lowest BCUT2D eigenvalue weighted by molar-refractivity contribution is 0.460. The molecule has 6 heteroatoms. The average Bonchev–Trinajstić information content (AvgIpc) is 2.69. The summed E-state index contributed by atoms with van der Waals surface area (Å²) in [6, 6.07) is 11.3. The summed E-state index contributed by atoms with van der Waals surface area (Å²) in [5, 5.41) is 0. The molecule has 0 radical (unpaired) electrons. The summed E-state index contributed by atoms with van der Waals surface area (Å²) < 4.78 is 17.5. The number of ether oxygens (including phenoxy) is 1. The zero-order chi connectivity index (χ0) is 15.4. The third-order valence-electron chi connectivity index (χ3n) is 3.46. The van der Waals surface area contributed by atoms with Crippen molar-refractivity contribution in [3.63, 3.8) is 0 Å². The van der Waals surface area contributed by atoms with Gasteiger partial charge in [-0.25, -0.2) is 4.98 Å². The SMILES string of the molecule is C[C@@H]1CN(c2nccc(Oc3ccccc3)n2)CC[S@@](=O)C1. The van der Waals surface area contributed by atoms with Gasteiger partial charge in [-0.05, 0) is 18.1 Å². The summed E-state index contributed by atoms with van der Waals surface area (Å²) in [5.41, 5.74) is 0. The number of nitrogens with zero attached hydrogens (tertiary/aromatic N) is 3. The highest BCUT2D eigenvalue weighted by Crippen LogP contribution is 2.21. The molecule has 2 heterocycles. The molecule has 1 aliphatic heterocycles. The van der Waals surface area contributed by atoms with Crippen LogP contribution in [0.1, 0.15) is 6.92 Å². The second-order valence-corrected chi connectivity index (χ2v) is 7.09. The Bertz CT molecular complexity index is 651. The second kappa shape index (κ2) is 6.87. The summed E-state index contributed by atoms with van der Waals surface area (Å²) in [7, 11) is -0.747. The Morgan fingerprint density at radius 3 is 2.91 bits per heavy atom. The fourth-order valence-corrected chi connectivity index (χ4v) is 3.80. The van der Waals surface area contributed by atoms with Gasteiger partial charge in [0.2, 0.25) is 11.8 Å².